The first-order valence-electron chi connectivity index (χ1n) is 8.60. The quantitative estimate of drug-likeness (QED) is 0.437. The molecule has 0 saturated carbocycles. The van der Waals surface area contributed by atoms with Gasteiger partial charge in [-0.3, -0.25) is 4.79 Å². The number of thioether (sulfide) groups is 1. The summed E-state index contributed by atoms with van der Waals surface area (Å²) in [6, 6.07) is 7.16. The topological polar surface area (TPSA) is 115 Å². The number of nitrogens with two attached hydrogens (primary N) is 1. The molecule has 0 aliphatic rings. The van der Waals surface area contributed by atoms with Crippen LogP contribution >= 0.6 is 23.1 Å². The number of nitrogen functional groups attached to an aromatic ring is 1. The Labute approximate surface area is 177 Å². The number of hydrogen-bond acceptors (Lipinski definition) is 8. The van der Waals surface area contributed by atoms with E-state index in [4.69, 9.17) is 5.73 Å². The lowest BCUT2D eigenvalue weighted by Gasteiger charge is -2.12. The Bertz CT molecular complexity index is 1140. The zero-order chi connectivity index (χ0) is 21.2. The highest BCUT2D eigenvalue weighted by Gasteiger charge is 2.23. The number of aryl methyl sites for hydroxylation is 3. The molecule has 1 aromatic carbocycles. The van der Waals surface area contributed by atoms with Crippen molar-refractivity contribution in [2.24, 2.45) is 0 Å². The Balaban J connectivity index is 1.69. The molecule has 152 valence electrons. The van der Waals surface area contributed by atoms with Gasteiger partial charge in [0.05, 0.1) is 11.9 Å². The number of hydrogen-bond donors (Lipinski definition) is 2. The van der Waals surface area contributed by atoms with Gasteiger partial charge in [0.25, 0.3) is 0 Å². The summed E-state index contributed by atoms with van der Waals surface area (Å²) in [6.07, 6.45) is 1.19. The third kappa shape index (κ3) is 4.77. The molecule has 3 rings (SSSR count). The molecule has 3 aromatic rings. The second-order valence-electron chi connectivity index (χ2n) is 6.45. The third-order valence-corrected chi connectivity index (χ3v) is 8.11. The van der Waals surface area contributed by atoms with Crippen molar-refractivity contribution in [1.29, 1.82) is 0 Å². The predicted molar refractivity (Wildman–Crippen MR) is 116 cm³/mol. The standard InChI is InChI=1S/C19H20N4O3S3/c1-11-7-12(2)17(13(3)8-11)22-15(24)10-28-19-21-9-14(18(20)23-19)29(25,26)16-5-4-6-27-16/h4-9H,10H2,1-3H3,(H,22,24)(H2,20,21,23). The zero-order valence-electron chi connectivity index (χ0n) is 16.1. The predicted octanol–water partition coefficient (Wildman–Crippen LogP) is 3.61. The van der Waals surface area contributed by atoms with E-state index in [1.54, 1.807) is 11.4 Å². The largest absolute Gasteiger partial charge is 0.382 e. The molecule has 0 bridgehead atoms. The summed E-state index contributed by atoms with van der Waals surface area (Å²) in [4.78, 5) is 20.3. The Morgan fingerprint density at radius 1 is 1.24 bits per heavy atom. The highest BCUT2D eigenvalue weighted by molar-refractivity contribution is 7.99. The minimum atomic E-state index is -3.75. The highest BCUT2D eigenvalue weighted by Crippen LogP contribution is 2.28. The number of rotatable bonds is 6. The molecule has 0 spiro atoms. The first kappa shape index (κ1) is 21.3. The van der Waals surface area contributed by atoms with Crippen LogP contribution in [0.5, 0.6) is 0 Å². The summed E-state index contributed by atoms with van der Waals surface area (Å²) < 4.78 is 25.3. The number of aromatic nitrogens is 2. The van der Waals surface area contributed by atoms with E-state index in [1.165, 1.54) is 12.3 Å². The van der Waals surface area contributed by atoms with Gasteiger partial charge in [-0.1, -0.05) is 35.5 Å². The van der Waals surface area contributed by atoms with Crippen LogP contribution in [0.2, 0.25) is 0 Å². The van der Waals surface area contributed by atoms with Gasteiger partial charge in [0, 0.05) is 5.69 Å². The monoisotopic (exact) mass is 448 g/mol. The van der Waals surface area contributed by atoms with Gasteiger partial charge < -0.3 is 11.1 Å². The summed E-state index contributed by atoms with van der Waals surface area (Å²) in [6.45, 7) is 5.89. The van der Waals surface area contributed by atoms with Crippen molar-refractivity contribution in [2.45, 2.75) is 35.0 Å². The molecule has 0 atom stereocenters. The number of anilines is 2. The minimum Gasteiger partial charge on any atom is -0.382 e. The van der Waals surface area contributed by atoms with Crippen molar-refractivity contribution in [3.8, 4) is 0 Å². The second-order valence-corrected chi connectivity index (χ2v) is 10.5. The highest BCUT2D eigenvalue weighted by atomic mass is 32.2. The van der Waals surface area contributed by atoms with Crippen molar-refractivity contribution in [1.82, 2.24) is 9.97 Å². The van der Waals surface area contributed by atoms with E-state index in [0.717, 1.165) is 45.5 Å². The molecule has 10 heteroatoms. The second kappa shape index (κ2) is 8.52. The molecule has 0 aliphatic carbocycles. The molecule has 0 saturated heterocycles. The summed E-state index contributed by atoms with van der Waals surface area (Å²) in [7, 11) is -3.75. The molecule has 0 fully saturated rings. The number of carbonyl (C=O) groups excluding carboxylic acids is 1. The SMILES string of the molecule is Cc1cc(C)c(NC(=O)CSc2ncc(S(=O)(=O)c3cccs3)c(N)n2)c(C)c1. The lowest BCUT2D eigenvalue weighted by molar-refractivity contribution is -0.113. The number of thiophene rings is 1. The Morgan fingerprint density at radius 2 is 1.93 bits per heavy atom. The smallest absolute Gasteiger partial charge is 0.234 e. The van der Waals surface area contributed by atoms with Crippen LogP contribution in [0.1, 0.15) is 16.7 Å². The Hall–Kier alpha value is -2.43. The van der Waals surface area contributed by atoms with Gasteiger partial charge in [-0.2, -0.15) is 0 Å². The van der Waals surface area contributed by atoms with Crippen LogP contribution in [0.3, 0.4) is 0 Å². The average molecular weight is 449 g/mol. The minimum absolute atomic E-state index is 0.0726. The van der Waals surface area contributed by atoms with E-state index in [0.29, 0.717) is 0 Å². The normalized spacial score (nSPS) is 11.4. The lowest BCUT2D eigenvalue weighted by atomic mass is 10.1. The van der Waals surface area contributed by atoms with Gasteiger partial charge in [-0.15, -0.1) is 11.3 Å². The number of sulfone groups is 1. The molecule has 0 aliphatic heterocycles. The molecule has 2 heterocycles. The maximum absolute atomic E-state index is 12.6. The maximum atomic E-state index is 12.6. The van der Waals surface area contributed by atoms with Gasteiger partial charge >= 0.3 is 0 Å². The van der Waals surface area contributed by atoms with Crippen LogP contribution < -0.4 is 11.1 Å². The van der Waals surface area contributed by atoms with Gasteiger partial charge in [-0.05, 0) is 43.3 Å². The van der Waals surface area contributed by atoms with E-state index >= 15 is 0 Å². The van der Waals surface area contributed by atoms with Crippen LogP contribution in [0.15, 0.2) is 50.1 Å². The fourth-order valence-corrected chi connectivity index (χ4v) is 5.85. The van der Waals surface area contributed by atoms with Gasteiger partial charge in [0.1, 0.15) is 14.9 Å². The van der Waals surface area contributed by atoms with E-state index in [1.807, 2.05) is 32.9 Å². The first-order chi connectivity index (χ1) is 13.7. The number of amides is 1. The average Bonchev–Trinajstić information content (AvgIpc) is 3.18. The molecule has 3 N–H and O–H groups in total. The van der Waals surface area contributed by atoms with Gasteiger partial charge in [0.2, 0.25) is 15.7 Å². The molecule has 0 unspecified atom stereocenters. The Kier molecular flexibility index (Phi) is 6.25. The fraction of sp³-hybridized carbons (Fsp3) is 0.211. The number of benzene rings is 1. The van der Waals surface area contributed by atoms with Crippen molar-refractivity contribution >= 4 is 50.3 Å². The van der Waals surface area contributed by atoms with Crippen LogP contribution in [-0.2, 0) is 14.6 Å². The van der Waals surface area contributed by atoms with Crippen molar-refractivity contribution in [3.63, 3.8) is 0 Å². The lowest BCUT2D eigenvalue weighted by Crippen LogP contribution is -2.16. The van der Waals surface area contributed by atoms with Crippen LogP contribution in [0, 0.1) is 20.8 Å². The van der Waals surface area contributed by atoms with Crippen LogP contribution in [-0.4, -0.2) is 30.0 Å². The van der Waals surface area contributed by atoms with Gasteiger partial charge in [-0.25, -0.2) is 18.4 Å². The number of carbonyl (C=O) groups is 1. The molecular formula is C19H20N4O3S3. The van der Waals surface area contributed by atoms with Crippen molar-refractivity contribution in [2.75, 3.05) is 16.8 Å². The maximum Gasteiger partial charge on any atom is 0.234 e. The molecular weight excluding hydrogens is 428 g/mol. The van der Waals surface area contributed by atoms with E-state index < -0.39 is 9.84 Å². The van der Waals surface area contributed by atoms with E-state index in [-0.39, 0.29) is 31.7 Å². The summed E-state index contributed by atoms with van der Waals surface area (Å²) >= 11 is 2.19. The fourth-order valence-electron chi connectivity index (χ4n) is 2.85. The summed E-state index contributed by atoms with van der Waals surface area (Å²) in [5, 5.41) is 4.81. The first-order valence-corrected chi connectivity index (χ1v) is 11.9. The molecule has 2 aromatic heterocycles. The third-order valence-electron chi connectivity index (χ3n) is 4.08. The van der Waals surface area contributed by atoms with E-state index in [9.17, 15) is 13.2 Å². The molecule has 7 nitrogen and oxygen atoms in total. The van der Waals surface area contributed by atoms with Gasteiger partial charge in [0.15, 0.2) is 5.16 Å². The summed E-state index contributed by atoms with van der Waals surface area (Å²) in [5.74, 6) is -0.271. The summed E-state index contributed by atoms with van der Waals surface area (Å²) in [5.41, 5.74) is 9.76. The van der Waals surface area contributed by atoms with Crippen LogP contribution in [0.4, 0.5) is 11.5 Å². The number of nitrogens with zero attached hydrogens (tertiary/aromatic N) is 2. The zero-order valence-corrected chi connectivity index (χ0v) is 18.5. The molecule has 0 radical (unpaired) electrons. The van der Waals surface area contributed by atoms with Crippen molar-refractivity contribution in [3.05, 3.63) is 52.5 Å². The Morgan fingerprint density at radius 3 is 2.52 bits per heavy atom. The molecule has 1 amide bonds. The van der Waals surface area contributed by atoms with E-state index in [2.05, 4.69) is 15.3 Å². The van der Waals surface area contributed by atoms with Crippen LogP contribution in [0.25, 0.3) is 0 Å². The molecule has 29 heavy (non-hydrogen) atoms. The number of nitrogens with one attached hydrogen (secondary N) is 1. The van der Waals surface area contributed by atoms with Crippen molar-refractivity contribution < 1.29 is 13.2 Å².